The number of rotatable bonds is 13. The Hall–Kier alpha value is -5.47. The van der Waals surface area contributed by atoms with Crippen LogP contribution < -0.4 is 34.7 Å². The summed E-state index contributed by atoms with van der Waals surface area (Å²) >= 11 is 0. The Morgan fingerprint density at radius 2 is 1.35 bits per heavy atom. The summed E-state index contributed by atoms with van der Waals surface area (Å²) in [7, 11) is 5.55. The molecule has 0 saturated heterocycles. The Kier molecular flexibility index (Phi) is 31.4. The second kappa shape index (κ2) is 30.6. The molecule has 0 amide bonds. The van der Waals surface area contributed by atoms with Crippen molar-refractivity contribution < 1.29 is 102 Å². The number of hydrogen-bond donors (Lipinski definition) is 0. The summed E-state index contributed by atoms with van der Waals surface area (Å²) in [6.07, 6.45) is 4.17. The van der Waals surface area contributed by atoms with Crippen LogP contribution in [0, 0.1) is 20.2 Å². The molecule has 1 atom stereocenters. The molecule has 2 aromatic heterocycles. The van der Waals surface area contributed by atoms with Gasteiger partial charge in [0.25, 0.3) is 17.8 Å². The normalized spacial score (nSPS) is 9.96. The maximum absolute atomic E-state index is 12.0. The van der Waals surface area contributed by atoms with Crippen LogP contribution in [0.5, 0.6) is 0 Å². The first-order valence-electron chi connectivity index (χ1n) is 13.3. The summed E-state index contributed by atoms with van der Waals surface area (Å²) < 4.78 is 22.4. The molecule has 0 aromatic carbocycles. The van der Waals surface area contributed by atoms with Crippen LogP contribution in [-0.4, -0.2) is 98.5 Å². The van der Waals surface area contributed by atoms with E-state index >= 15 is 0 Å². The summed E-state index contributed by atoms with van der Waals surface area (Å²) in [6.45, 7) is 5.29. The molecule has 0 aliphatic heterocycles. The first-order chi connectivity index (χ1) is 23.7. The fraction of sp³-hybridized carbons (Fsp3) is 0.379. The minimum absolute atomic E-state index is 0. The van der Waals surface area contributed by atoms with Gasteiger partial charge in [-0.1, -0.05) is 6.58 Å². The number of hydrogen-bond acceptors (Lipinski definition) is 19. The molecule has 2 heterocycles. The molecule has 1 unspecified atom stereocenters. The molecule has 0 N–H and O–H groups in total. The van der Waals surface area contributed by atoms with Gasteiger partial charge in [-0.15, -0.1) is 0 Å². The first kappa shape index (κ1) is 52.3. The van der Waals surface area contributed by atoms with E-state index in [4.69, 9.17) is 19.4 Å². The van der Waals surface area contributed by atoms with E-state index in [1.165, 1.54) is 32.4 Å². The van der Waals surface area contributed by atoms with E-state index < -0.39 is 45.1 Å². The summed E-state index contributed by atoms with van der Waals surface area (Å²) in [4.78, 5) is 98.6. The van der Waals surface area contributed by atoms with Gasteiger partial charge in [0.15, 0.2) is 5.92 Å². The molecule has 274 valence electrons. The Bertz CT molecular complexity index is 1420. The zero-order valence-electron chi connectivity index (χ0n) is 28.8. The summed E-state index contributed by atoms with van der Waals surface area (Å²) in [5, 5.41) is 29.3. The monoisotopic (exact) mass is 734 g/mol. The molecule has 51 heavy (non-hydrogen) atoms. The summed E-state index contributed by atoms with van der Waals surface area (Å²) in [5.41, 5.74) is -1.07. The number of esters is 4. The minimum atomic E-state index is -1.35. The number of methoxy groups -OCH3 is 4. The predicted octanol–water partition coefficient (Wildman–Crippen LogP) is -2.46. The number of ether oxygens (including phenoxy) is 5. The van der Waals surface area contributed by atoms with Crippen LogP contribution in [0.25, 0.3) is 0 Å². The van der Waals surface area contributed by atoms with Gasteiger partial charge < -0.3 is 28.8 Å². The molecule has 0 bridgehead atoms. The Balaban J connectivity index is -0.000000333. The van der Waals surface area contributed by atoms with Crippen molar-refractivity contribution in [3.8, 4) is 0 Å². The van der Waals surface area contributed by atoms with Gasteiger partial charge in [-0.3, -0.25) is 49.4 Å². The van der Waals surface area contributed by atoms with Crippen molar-refractivity contribution >= 4 is 47.9 Å². The fourth-order valence-electron chi connectivity index (χ4n) is 3.27. The zero-order chi connectivity index (χ0) is 39.3. The van der Waals surface area contributed by atoms with Crippen molar-refractivity contribution in [3.63, 3.8) is 0 Å². The molecular formula is C29H35N4NaO17. The van der Waals surface area contributed by atoms with Gasteiger partial charge in [0.05, 0.1) is 56.3 Å². The van der Waals surface area contributed by atoms with Crippen LogP contribution in [0.15, 0.2) is 49.3 Å². The van der Waals surface area contributed by atoms with Gasteiger partial charge in [-0.2, -0.15) is 16.7 Å². The average molecular weight is 735 g/mol. The number of carbonyl (C=O) groups is 5. The number of carbonyl (C=O) groups excluding carboxylic acids is 7. The van der Waals surface area contributed by atoms with Crippen molar-refractivity contribution in [1.82, 2.24) is 9.97 Å². The maximum atomic E-state index is 12.0. The van der Waals surface area contributed by atoms with E-state index in [-0.39, 0.29) is 59.4 Å². The third kappa shape index (κ3) is 20.0. The quantitative estimate of drug-likeness (QED) is 0.0237. The molecule has 21 nitrogen and oxygen atoms in total. The Morgan fingerprint density at radius 1 is 0.882 bits per heavy atom. The third-order valence-corrected chi connectivity index (χ3v) is 5.69. The van der Waals surface area contributed by atoms with Gasteiger partial charge in [-0.05, 0) is 31.9 Å². The molecule has 0 saturated carbocycles. The molecule has 0 radical (unpaired) electrons. The number of nitrogens with zero attached hydrogens (tertiary/aromatic N) is 4. The van der Waals surface area contributed by atoms with Crippen molar-refractivity contribution in [2.75, 3.05) is 42.2 Å². The van der Waals surface area contributed by atoms with Gasteiger partial charge in [0.2, 0.25) is 0 Å². The molecule has 22 heteroatoms. The Morgan fingerprint density at radius 3 is 1.65 bits per heavy atom. The predicted molar refractivity (Wildman–Crippen MR) is 162 cm³/mol. The number of nitro groups is 2. The van der Waals surface area contributed by atoms with E-state index in [0.717, 1.165) is 45.9 Å². The molecule has 2 aromatic rings. The molecule has 0 spiro atoms. The van der Waals surface area contributed by atoms with Gasteiger partial charge in [-0.25, -0.2) is 4.79 Å². The van der Waals surface area contributed by atoms with Crippen LogP contribution in [0.3, 0.4) is 0 Å². The second-order valence-electron chi connectivity index (χ2n) is 8.54. The zero-order valence-corrected chi connectivity index (χ0v) is 30.8. The molecule has 0 fully saturated rings. The topological polar surface area (TPSA) is 301 Å². The van der Waals surface area contributed by atoms with Crippen molar-refractivity contribution in [3.05, 3.63) is 80.9 Å². The minimum Gasteiger partial charge on any atom is -0.857 e. The number of pyridine rings is 2. The van der Waals surface area contributed by atoms with Gasteiger partial charge in [0.1, 0.15) is 17.8 Å². The van der Waals surface area contributed by atoms with Crippen LogP contribution in [0.2, 0.25) is 0 Å². The van der Waals surface area contributed by atoms with E-state index in [9.17, 15) is 44.2 Å². The number of aromatic nitrogens is 2. The maximum Gasteiger partial charge on any atom is 1.00 e. The standard InChI is InChI=1S/C13H16N2O6.C10H10N2O6.C4H6O2.CO2.CH3O.Na/c1-13(12(17)20-2,6-3-7-21-9-16)11-5-4-10(8-14-11)15(18)19;1-17-9(13)8(10(14)18-2)7-4-3-6(5-11-7)12(15)16;1-3-4(5)6-2;2-1-3;1-2;/h4-5,8-9H,3,6-7H2,1-2H3;3-5,8H,1-2H3;3H,1H2,2H3;;1H3;/q;;;;-1;+1. The van der Waals surface area contributed by atoms with Crippen LogP contribution in [0.1, 0.15) is 37.1 Å². The van der Waals surface area contributed by atoms with Crippen LogP contribution in [-0.2, 0) is 62.7 Å². The van der Waals surface area contributed by atoms with E-state index in [2.05, 4.69) is 35.5 Å². The summed E-state index contributed by atoms with van der Waals surface area (Å²) in [6, 6.07) is 5.05. The van der Waals surface area contributed by atoms with Gasteiger partial charge in [0, 0.05) is 18.2 Å². The van der Waals surface area contributed by atoms with Crippen molar-refractivity contribution in [1.29, 1.82) is 0 Å². The van der Waals surface area contributed by atoms with E-state index in [1.807, 2.05) is 0 Å². The van der Waals surface area contributed by atoms with E-state index in [1.54, 1.807) is 6.92 Å². The molecular weight excluding hydrogens is 699 g/mol. The van der Waals surface area contributed by atoms with Gasteiger partial charge >= 0.3 is 59.6 Å². The first-order valence-corrected chi connectivity index (χ1v) is 13.3. The SMILES string of the molecule is C=CC(=O)OC.COC(=O)C(C(=O)OC)c1ccc([N+](=O)[O-])cn1.COC(=O)C(C)(CCCOC=O)c1ccc([N+](=O)[O-])cn1.C[O-].O=C=O.[Na+]. The van der Waals surface area contributed by atoms with Crippen LogP contribution in [0.4, 0.5) is 11.4 Å². The second-order valence-corrected chi connectivity index (χ2v) is 8.54. The smallest absolute Gasteiger partial charge is 0.857 e. The van der Waals surface area contributed by atoms with Crippen molar-refractivity contribution in [2.24, 2.45) is 0 Å². The molecule has 0 aliphatic rings. The third-order valence-electron chi connectivity index (χ3n) is 5.69. The summed E-state index contributed by atoms with van der Waals surface area (Å²) in [5.74, 6) is -3.93. The fourth-order valence-corrected chi connectivity index (χ4v) is 3.27. The molecule has 2 rings (SSSR count). The van der Waals surface area contributed by atoms with Crippen molar-refractivity contribution in [2.45, 2.75) is 31.1 Å². The largest absolute Gasteiger partial charge is 1.00 e. The Labute approximate surface area is 312 Å². The average Bonchev–Trinajstić information content (AvgIpc) is 3.14. The molecule has 0 aliphatic carbocycles. The van der Waals surface area contributed by atoms with E-state index in [0.29, 0.717) is 25.0 Å². The van der Waals surface area contributed by atoms with Crippen LogP contribution >= 0.6 is 0 Å².